The summed E-state index contributed by atoms with van der Waals surface area (Å²) in [6, 6.07) is 12.4. The molecule has 0 radical (unpaired) electrons. The van der Waals surface area contributed by atoms with Crippen LogP contribution in [0.2, 0.25) is 0 Å². The van der Waals surface area contributed by atoms with Gasteiger partial charge in [-0.05, 0) is 105 Å². The first kappa shape index (κ1) is 16.7. The largest absolute Gasteiger partial charge is 0.496 e. The van der Waals surface area contributed by atoms with Crippen molar-refractivity contribution in [3.05, 3.63) is 52.6 Å². The number of ether oxygens (including phenoxy) is 1. The molecule has 1 saturated heterocycles. The molecule has 2 heteroatoms. The summed E-state index contributed by atoms with van der Waals surface area (Å²) in [5.41, 5.74) is 8.19. The number of hydrogen-bond donors (Lipinski definition) is 0. The van der Waals surface area contributed by atoms with Crippen molar-refractivity contribution in [2.45, 2.75) is 52.0 Å². The summed E-state index contributed by atoms with van der Waals surface area (Å²) in [6.07, 6.45) is 6.54. The predicted octanol–water partition coefficient (Wildman–Crippen LogP) is 4.93. The quantitative estimate of drug-likeness (QED) is 0.788. The molecular formula is C23H29NO. The number of likely N-dealkylation sites (tertiary alicyclic amines) is 1. The Labute approximate surface area is 151 Å². The van der Waals surface area contributed by atoms with E-state index in [1.807, 2.05) is 0 Å². The van der Waals surface area contributed by atoms with Gasteiger partial charge in [0.05, 0.1) is 7.11 Å². The minimum absolute atomic E-state index is 0.770. The molecule has 2 aromatic carbocycles. The summed E-state index contributed by atoms with van der Waals surface area (Å²) in [5, 5.41) is 0. The fourth-order valence-corrected chi connectivity index (χ4v) is 4.77. The van der Waals surface area contributed by atoms with Gasteiger partial charge in [-0.2, -0.15) is 0 Å². The van der Waals surface area contributed by atoms with Gasteiger partial charge in [-0.15, -0.1) is 0 Å². The highest BCUT2D eigenvalue weighted by molar-refractivity contribution is 5.68. The van der Waals surface area contributed by atoms with E-state index >= 15 is 0 Å². The molecule has 1 unspecified atom stereocenters. The zero-order chi connectivity index (χ0) is 17.4. The summed E-state index contributed by atoms with van der Waals surface area (Å²) in [7, 11) is 1.75. The Kier molecular flexibility index (Phi) is 4.56. The van der Waals surface area contributed by atoms with Crippen LogP contribution in [0, 0.1) is 13.8 Å². The molecule has 132 valence electrons. The molecule has 4 rings (SSSR count). The molecule has 1 aliphatic carbocycles. The Balaban J connectivity index is 1.60. The van der Waals surface area contributed by atoms with E-state index in [1.54, 1.807) is 18.2 Å². The van der Waals surface area contributed by atoms with Crippen LogP contribution in [-0.2, 0) is 12.8 Å². The van der Waals surface area contributed by atoms with Crippen molar-refractivity contribution in [1.82, 2.24) is 4.90 Å². The lowest BCUT2D eigenvalue weighted by Gasteiger charge is -2.32. The van der Waals surface area contributed by atoms with Crippen molar-refractivity contribution in [2.75, 3.05) is 20.2 Å². The zero-order valence-corrected chi connectivity index (χ0v) is 15.8. The lowest BCUT2D eigenvalue weighted by Crippen LogP contribution is -2.37. The first-order valence-corrected chi connectivity index (χ1v) is 9.67. The molecule has 1 aliphatic heterocycles. The van der Waals surface area contributed by atoms with Crippen molar-refractivity contribution >= 4 is 0 Å². The first-order chi connectivity index (χ1) is 12.2. The van der Waals surface area contributed by atoms with Crippen molar-refractivity contribution in [3.8, 4) is 16.9 Å². The number of methoxy groups -OCH3 is 1. The second kappa shape index (κ2) is 6.84. The van der Waals surface area contributed by atoms with E-state index in [0.717, 1.165) is 11.8 Å². The highest BCUT2D eigenvalue weighted by Crippen LogP contribution is 2.33. The molecule has 2 aliphatic rings. The van der Waals surface area contributed by atoms with Gasteiger partial charge in [-0.1, -0.05) is 18.2 Å². The molecule has 0 N–H and O–H groups in total. The number of aryl methyl sites for hydroxylation is 3. The van der Waals surface area contributed by atoms with Gasteiger partial charge < -0.3 is 9.64 Å². The van der Waals surface area contributed by atoms with Crippen LogP contribution in [0.3, 0.4) is 0 Å². The van der Waals surface area contributed by atoms with Gasteiger partial charge in [-0.25, -0.2) is 0 Å². The van der Waals surface area contributed by atoms with Crippen LogP contribution < -0.4 is 4.74 Å². The smallest absolute Gasteiger partial charge is 0.124 e. The molecule has 2 nitrogen and oxygen atoms in total. The molecular weight excluding hydrogens is 306 g/mol. The first-order valence-electron chi connectivity index (χ1n) is 9.67. The molecule has 1 atom stereocenters. The zero-order valence-electron chi connectivity index (χ0n) is 15.8. The van der Waals surface area contributed by atoms with Crippen LogP contribution in [0.15, 0.2) is 30.3 Å². The molecule has 2 aromatic rings. The fraction of sp³-hybridized carbons (Fsp3) is 0.478. The lowest BCUT2D eigenvalue weighted by atomic mass is 9.85. The number of fused-ring (bicyclic) bond motifs is 1. The minimum atomic E-state index is 0.770. The third-order valence-corrected chi connectivity index (χ3v) is 6.06. The molecule has 0 saturated carbocycles. The van der Waals surface area contributed by atoms with Crippen LogP contribution >= 0.6 is 0 Å². The Morgan fingerprint density at radius 3 is 2.32 bits per heavy atom. The van der Waals surface area contributed by atoms with Crippen LogP contribution in [-0.4, -0.2) is 31.1 Å². The number of rotatable bonds is 3. The van der Waals surface area contributed by atoms with Gasteiger partial charge in [0.15, 0.2) is 0 Å². The molecule has 0 aromatic heterocycles. The third-order valence-electron chi connectivity index (χ3n) is 6.06. The summed E-state index contributed by atoms with van der Waals surface area (Å²) in [6.45, 7) is 6.88. The van der Waals surface area contributed by atoms with E-state index in [0.29, 0.717) is 0 Å². The highest BCUT2D eigenvalue weighted by atomic mass is 16.5. The molecule has 1 fully saturated rings. The maximum atomic E-state index is 5.51. The Morgan fingerprint density at radius 1 is 0.920 bits per heavy atom. The minimum Gasteiger partial charge on any atom is -0.496 e. The van der Waals surface area contributed by atoms with Crippen LogP contribution in [0.25, 0.3) is 11.1 Å². The second-order valence-corrected chi connectivity index (χ2v) is 7.77. The summed E-state index contributed by atoms with van der Waals surface area (Å²) < 4.78 is 5.51. The van der Waals surface area contributed by atoms with Crippen LogP contribution in [0.5, 0.6) is 5.75 Å². The number of benzene rings is 2. The average molecular weight is 335 g/mol. The van der Waals surface area contributed by atoms with Gasteiger partial charge in [0.2, 0.25) is 0 Å². The summed E-state index contributed by atoms with van der Waals surface area (Å²) >= 11 is 0. The molecule has 0 bridgehead atoms. The molecule has 0 spiro atoms. The number of hydrogen-bond acceptors (Lipinski definition) is 2. The van der Waals surface area contributed by atoms with E-state index in [2.05, 4.69) is 49.1 Å². The maximum absolute atomic E-state index is 5.51. The van der Waals surface area contributed by atoms with E-state index in [9.17, 15) is 0 Å². The van der Waals surface area contributed by atoms with Crippen LogP contribution in [0.1, 0.15) is 41.5 Å². The van der Waals surface area contributed by atoms with E-state index in [1.165, 1.54) is 67.4 Å². The molecule has 1 heterocycles. The predicted molar refractivity (Wildman–Crippen MR) is 105 cm³/mol. The summed E-state index contributed by atoms with van der Waals surface area (Å²) in [5.74, 6) is 1.01. The third kappa shape index (κ3) is 3.20. The maximum Gasteiger partial charge on any atom is 0.124 e. The molecule has 25 heavy (non-hydrogen) atoms. The van der Waals surface area contributed by atoms with Gasteiger partial charge >= 0.3 is 0 Å². The van der Waals surface area contributed by atoms with Crippen molar-refractivity contribution in [3.63, 3.8) is 0 Å². The fourth-order valence-electron chi connectivity index (χ4n) is 4.77. The Morgan fingerprint density at radius 2 is 1.64 bits per heavy atom. The standard InChI is InChI=1S/C23H29NO/c1-16-12-21(13-17(2)23(16)25-3)19-6-7-20-15-22(9-8-18(20)14-19)24-10-4-5-11-24/h6-7,12-14,22H,4-5,8-11,15H2,1-3H3. The Bertz CT molecular complexity index is 751. The Hall–Kier alpha value is -1.80. The topological polar surface area (TPSA) is 12.5 Å². The van der Waals surface area contributed by atoms with Gasteiger partial charge in [0.25, 0.3) is 0 Å². The molecule has 0 amide bonds. The lowest BCUT2D eigenvalue weighted by molar-refractivity contribution is 0.222. The summed E-state index contributed by atoms with van der Waals surface area (Å²) in [4.78, 5) is 2.72. The van der Waals surface area contributed by atoms with E-state index in [-0.39, 0.29) is 0 Å². The van der Waals surface area contributed by atoms with Gasteiger partial charge in [0, 0.05) is 6.04 Å². The van der Waals surface area contributed by atoms with Crippen LogP contribution in [0.4, 0.5) is 0 Å². The van der Waals surface area contributed by atoms with E-state index < -0.39 is 0 Å². The monoisotopic (exact) mass is 335 g/mol. The second-order valence-electron chi connectivity index (χ2n) is 7.77. The SMILES string of the molecule is COc1c(C)cc(-c2ccc3c(c2)CCC(N2CCCC2)C3)cc1C. The van der Waals surface area contributed by atoms with Crippen molar-refractivity contribution in [2.24, 2.45) is 0 Å². The van der Waals surface area contributed by atoms with Gasteiger partial charge in [-0.3, -0.25) is 0 Å². The van der Waals surface area contributed by atoms with E-state index in [4.69, 9.17) is 4.74 Å². The van der Waals surface area contributed by atoms with Crippen molar-refractivity contribution < 1.29 is 4.74 Å². The number of nitrogens with zero attached hydrogens (tertiary/aromatic N) is 1. The van der Waals surface area contributed by atoms with Gasteiger partial charge in [0.1, 0.15) is 5.75 Å². The normalized spacial score (nSPS) is 20.5. The average Bonchev–Trinajstić information content (AvgIpc) is 3.15. The van der Waals surface area contributed by atoms with Crippen molar-refractivity contribution in [1.29, 1.82) is 0 Å². The highest BCUT2D eigenvalue weighted by Gasteiger charge is 2.26.